The van der Waals surface area contributed by atoms with Crippen molar-refractivity contribution in [2.45, 2.75) is 20.4 Å². The Kier molecular flexibility index (Phi) is 3.30. The van der Waals surface area contributed by atoms with Gasteiger partial charge in [-0.1, -0.05) is 13.8 Å². The Bertz CT molecular complexity index is 300. The fraction of sp³-hybridized carbons (Fsp3) is 0.636. The quantitative estimate of drug-likeness (QED) is 0.796. The number of nitrogens with zero attached hydrogens (tertiary/aromatic N) is 1. The Morgan fingerprint density at radius 2 is 2.07 bits per heavy atom. The smallest absolute Gasteiger partial charge is 0.0339 e. The normalized spacial score (nSPS) is 28.5. The highest BCUT2D eigenvalue weighted by Gasteiger charge is 2.26. The molecule has 1 fully saturated rings. The number of hydrogen-bond donors (Lipinski definition) is 0. The summed E-state index contributed by atoms with van der Waals surface area (Å²) in [6.45, 7) is 8.34. The first-order valence-corrected chi connectivity index (χ1v) is 6.78. The molecule has 0 spiro atoms. The minimum Gasteiger partial charge on any atom is -0.298 e. The second kappa shape index (κ2) is 4.33. The molecular weight excluding hydrogens is 258 g/mol. The van der Waals surface area contributed by atoms with Crippen LogP contribution in [-0.2, 0) is 6.54 Å². The Morgan fingerprint density at radius 1 is 1.43 bits per heavy atom. The summed E-state index contributed by atoms with van der Waals surface area (Å²) in [5, 5.41) is 2.16. The molecule has 2 unspecified atom stereocenters. The van der Waals surface area contributed by atoms with E-state index in [-0.39, 0.29) is 0 Å². The highest BCUT2D eigenvalue weighted by atomic mass is 79.9. The first-order valence-electron chi connectivity index (χ1n) is 5.11. The van der Waals surface area contributed by atoms with Gasteiger partial charge in [0, 0.05) is 29.0 Å². The zero-order valence-electron chi connectivity index (χ0n) is 8.66. The number of hydrogen-bond acceptors (Lipinski definition) is 2. The monoisotopic (exact) mass is 273 g/mol. The zero-order valence-corrected chi connectivity index (χ0v) is 11.1. The highest BCUT2D eigenvalue weighted by molar-refractivity contribution is 9.10. The van der Waals surface area contributed by atoms with Gasteiger partial charge in [-0.05, 0) is 39.2 Å². The van der Waals surface area contributed by atoms with Gasteiger partial charge in [0.05, 0.1) is 0 Å². The molecule has 1 aliphatic heterocycles. The van der Waals surface area contributed by atoms with Gasteiger partial charge in [0.2, 0.25) is 0 Å². The maximum absolute atomic E-state index is 3.59. The summed E-state index contributed by atoms with van der Waals surface area (Å²) < 4.78 is 1.27. The van der Waals surface area contributed by atoms with E-state index in [0.29, 0.717) is 0 Å². The summed E-state index contributed by atoms with van der Waals surface area (Å²) in [5.41, 5.74) is 0. The first kappa shape index (κ1) is 10.7. The van der Waals surface area contributed by atoms with Crippen molar-refractivity contribution in [3.05, 3.63) is 20.8 Å². The molecule has 0 aromatic carbocycles. The Hall–Kier alpha value is 0.140. The Balaban J connectivity index is 1.97. The second-order valence-electron chi connectivity index (χ2n) is 4.34. The summed E-state index contributed by atoms with van der Waals surface area (Å²) in [7, 11) is 0. The number of thiophene rings is 1. The van der Waals surface area contributed by atoms with Crippen LogP contribution in [0.4, 0.5) is 0 Å². The third kappa shape index (κ3) is 2.20. The van der Waals surface area contributed by atoms with Gasteiger partial charge in [-0.15, -0.1) is 11.3 Å². The van der Waals surface area contributed by atoms with Crippen LogP contribution in [0.25, 0.3) is 0 Å². The Labute approximate surface area is 98.2 Å². The summed E-state index contributed by atoms with van der Waals surface area (Å²) in [5.74, 6) is 1.71. The van der Waals surface area contributed by atoms with E-state index < -0.39 is 0 Å². The van der Waals surface area contributed by atoms with E-state index in [4.69, 9.17) is 0 Å². The van der Waals surface area contributed by atoms with Crippen molar-refractivity contribution in [1.29, 1.82) is 0 Å². The molecule has 14 heavy (non-hydrogen) atoms. The molecule has 0 amide bonds. The van der Waals surface area contributed by atoms with Crippen molar-refractivity contribution in [3.63, 3.8) is 0 Å². The van der Waals surface area contributed by atoms with Gasteiger partial charge < -0.3 is 0 Å². The molecule has 3 heteroatoms. The molecule has 0 saturated carbocycles. The van der Waals surface area contributed by atoms with Crippen LogP contribution in [0, 0.1) is 11.8 Å². The number of rotatable bonds is 2. The molecule has 1 aromatic heterocycles. The number of halogens is 1. The van der Waals surface area contributed by atoms with Crippen LogP contribution in [0.2, 0.25) is 0 Å². The van der Waals surface area contributed by atoms with Crippen LogP contribution >= 0.6 is 27.3 Å². The van der Waals surface area contributed by atoms with Gasteiger partial charge in [0.15, 0.2) is 0 Å². The maximum Gasteiger partial charge on any atom is 0.0339 e. The van der Waals surface area contributed by atoms with E-state index in [2.05, 4.69) is 46.1 Å². The van der Waals surface area contributed by atoms with E-state index in [1.54, 1.807) is 0 Å². The molecule has 1 nitrogen and oxygen atoms in total. The van der Waals surface area contributed by atoms with Gasteiger partial charge in [-0.3, -0.25) is 4.90 Å². The summed E-state index contributed by atoms with van der Waals surface area (Å²) >= 11 is 5.44. The van der Waals surface area contributed by atoms with E-state index in [1.807, 2.05) is 11.3 Å². The summed E-state index contributed by atoms with van der Waals surface area (Å²) in [6, 6.07) is 2.14. The van der Waals surface area contributed by atoms with Crippen LogP contribution in [0.1, 0.15) is 18.7 Å². The van der Waals surface area contributed by atoms with Crippen molar-refractivity contribution in [2.75, 3.05) is 13.1 Å². The van der Waals surface area contributed by atoms with E-state index in [9.17, 15) is 0 Å². The molecule has 78 valence electrons. The van der Waals surface area contributed by atoms with Crippen molar-refractivity contribution in [3.8, 4) is 0 Å². The van der Waals surface area contributed by atoms with Crippen molar-refractivity contribution < 1.29 is 0 Å². The first-order chi connectivity index (χ1) is 6.66. The lowest BCUT2D eigenvalue weighted by atomic mass is 10.0. The summed E-state index contributed by atoms with van der Waals surface area (Å²) in [4.78, 5) is 4.03. The SMILES string of the molecule is CC1CN(Cc2sccc2Br)CC1C. The van der Waals surface area contributed by atoms with Crippen LogP contribution in [-0.4, -0.2) is 18.0 Å². The van der Waals surface area contributed by atoms with Crippen LogP contribution in [0.5, 0.6) is 0 Å². The molecule has 1 aromatic rings. The van der Waals surface area contributed by atoms with Gasteiger partial charge in [-0.25, -0.2) is 0 Å². The third-order valence-corrected chi connectivity index (χ3v) is 5.03. The van der Waals surface area contributed by atoms with Gasteiger partial charge >= 0.3 is 0 Å². The molecule has 2 atom stereocenters. The van der Waals surface area contributed by atoms with Gasteiger partial charge in [-0.2, -0.15) is 0 Å². The topological polar surface area (TPSA) is 3.24 Å². The minimum absolute atomic E-state index is 0.855. The van der Waals surface area contributed by atoms with Crippen molar-refractivity contribution in [1.82, 2.24) is 4.90 Å². The van der Waals surface area contributed by atoms with E-state index in [1.165, 1.54) is 22.4 Å². The maximum atomic E-state index is 3.59. The largest absolute Gasteiger partial charge is 0.298 e. The van der Waals surface area contributed by atoms with Gasteiger partial charge in [0.25, 0.3) is 0 Å². The van der Waals surface area contributed by atoms with Gasteiger partial charge in [0.1, 0.15) is 0 Å². The number of likely N-dealkylation sites (tertiary alicyclic amines) is 1. The molecule has 2 heterocycles. The molecule has 0 radical (unpaired) electrons. The average Bonchev–Trinajstić information content (AvgIpc) is 2.63. The summed E-state index contributed by atoms with van der Waals surface area (Å²) in [6.07, 6.45) is 0. The second-order valence-corrected chi connectivity index (χ2v) is 6.20. The highest BCUT2D eigenvalue weighted by Crippen LogP contribution is 2.28. The molecule has 0 aliphatic carbocycles. The van der Waals surface area contributed by atoms with Crippen LogP contribution in [0.15, 0.2) is 15.9 Å². The van der Waals surface area contributed by atoms with E-state index in [0.717, 1.165) is 18.4 Å². The van der Waals surface area contributed by atoms with E-state index >= 15 is 0 Å². The van der Waals surface area contributed by atoms with Crippen LogP contribution < -0.4 is 0 Å². The lowest BCUT2D eigenvalue weighted by Gasteiger charge is -2.14. The standard InChI is InChI=1S/C11H16BrNS/c1-8-5-13(6-9(8)2)7-11-10(12)3-4-14-11/h3-4,8-9H,5-7H2,1-2H3. The minimum atomic E-state index is 0.855. The van der Waals surface area contributed by atoms with Crippen LogP contribution in [0.3, 0.4) is 0 Å². The lowest BCUT2D eigenvalue weighted by molar-refractivity contribution is 0.318. The Morgan fingerprint density at radius 3 is 2.57 bits per heavy atom. The fourth-order valence-electron chi connectivity index (χ4n) is 2.02. The molecule has 0 bridgehead atoms. The predicted octanol–water partition coefficient (Wildman–Crippen LogP) is 3.60. The predicted molar refractivity (Wildman–Crippen MR) is 65.6 cm³/mol. The fourth-order valence-corrected chi connectivity index (χ4v) is 3.54. The molecule has 0 N–H and O–H groups in total. The molecule has 1 saturated heterocycles. The third-order valence-electron chi connectivity index (χ3n) is 3.12. The average molecular weight is 274 g/mol. The molecule has 2 rings (SSSR count). The lowest BCUT2D eigenvalue weighted by Crippen LogP contribution is -2.19. The zero-order chi connectivity index (χ0) is 10.1. The molecule has 1 aliphatic rings. The van der Waals surface area contributed by atoms with Crippen molar-refractivity contribution in [2.24, 2.45) is 11.8 Å². The molecular formula is C11H16BrNS. The van der Waals surface area contributed by atoms with Crippen molar-refractivity contribution >= 4 is 27.3 Å².